The lowest BCUT2D eigenvalue weighted by Crippen LogP contribution is -2.49. The fourth-order valence-corrected chi connectivity index (χ4v) is 4.76. The number of nitrogens with two attached hydrogens (primary N) is 1. The standard InChI is InChI=1S/C26H33N5O3/c1-33-25-16-24(22(17-27)15-23(25)28)30-13-11-29(12-14-30)18-20-7-9-31(10-8-20)26(32)34-19-21-5-3-2-4-6-21/h2-6,15-16,20H,7-14,18-19,28H2,1H3. The van der Waals surface area contributed by atoms with E-state index in [-0.39, 0.29) is 6.09 Å². The van der Waals surface area contributed by atoms with Crippen LogP contribution in [0.15, 0.2) is 42.5 Å². The van der Waals surface area contributed by atoms with E-state index in [0.29, 0.717) is 29.5 Å². The van der Waals surface area contributed by atoms with E-state index in [1.54, 1.807) is 13.2 Å². The molecule has 0 bridgehead atoms. The second-order valence-electron chi connectivity index (χ2n) is 8.98. The summed E-state index contributed by atoms with van der Waals surface area (Å²) in [5.74, 6) is 1.18. The lowest BCUT2D eigenvalue weighted by molar-refractivity contribution is 0.0768. The fourth-order valence-electron chi connectivity index (χ4n) is 4.76. The molecular formula is C26H33N5O3. The summed E-state index contributed by atoms with van der Waals surface area (Å²) in [6.45, 7) is 6.44. The minimum Gasteiger partial charge on any atom is -0.495 e. The molecule has 2 aromatic rings. The van der Waals surface area contributed by atoms with Crippen LogP contribution in [0.1, 0.15) is 24.0 Å². The number of hydrogen-bond acceptors (Lipinski definition) is 7. The fraction of sp³-hybridized carbons (Fsp3) is 0.462. The summed E-state index contributed by atoms with van der Waals surface area (Å²) >= 11 is 0. The van der Waals surface area contributed by atoms with Crippen molar-refractivity contribution in [2.45, 2.75) is 19.4 Å². The molecule has 180 valence electrons. The number of benzene rings is 2. The van der Waals surface area contributed by atoms with Gasteiger partial charge in [-0.15, -0.1) is 0 Å². The van der Waals surface area contributed by atoms with Crippen LogP contribution in [0.3, 0.4) is 0 Å². The Morgan fingerprint density at radius 1 is 1.09 bits per heavy atom. The van der Waals surface area contributed by atoms with Crippen LogP contribution in [0, 0.1) is 17.2 Å². The first-order valence-electron chi connectivity index (χ1n) is 11.9. The smallest absolute Gasteiger partial charge is 0.410 e. The van der Waals surface area contributed by atoms with Crippen LogP contribution in [0.4, 0.5) is 16.2 Å². The van der Waals surface area contributed by atoms with E-state index in [1.807, 2.05) is 41.3 Å². The summed E-state index contributed by atoms with van der Waals surface area (Å²) in [6.07, 6.45) is 1.77. The number of piperazine rings is 1. The van der Waals surface area contributed by atoms with Gasteiger partial charge in [-0.3, -0.25) is 4.90 Å². The van der Waals surface area contributed by atoms with Gasteiger partial charge in [0.15, 0.2) is 0 Å². The van der Waals surface area contributed by atoms with Gasteiger partial charge in [-0.25, -0.2) is 4.79 Å². The highest BCUT2D eigenvalue weighted by Crippen LogP contribution is 2.32. The first-order chi connectivity index (χ1) is 16.6. The Balaban J connectivity index is 1.21. The van der Waals surface area contributed by atoms with E-state index in [4.69, 9.17) is 15.2 Å². The van der Waals surface area contributed by atoms with Crippen molar-refractivity contribution >= 4 is 17.5 Å². The minimum atomic E-state index is -0.219. The molecule has 2 fully saturated rings. The quantitative estimate of drug-likeness (QED) is 0.657. The molecule has 2 N–H and O–H groups in total. The summed E-state index contributed by atoms with van der Waals surface area (Å²) in [7, 11) is 1.59. The number of piperidine rings is 1. The number of likely N-dealkylation sites (tertiary alicyclic amines) is 1. The molecule has 0 unspecified atom stereocenters. The first kappa shape index (κ1) is 23.7. The molecule has 2 aromatic carbocycles. The van der Waals surface area contributed by atoms with Crippen LogP contribution in [0.2, 0.25) is 0 Å². The molecule has 0 aliphatic carbocycles. The van der Waals surface area contributed by atoms with E-state index in [1.165, 1.54) is 0 Å². The number of nitrogen functional groups attached to an aromatic ring is 1. The first-order valence-corrected chi connectivity index (χ1v) is 11.9. The summed E-state index contributed by atoms with van der Waals surface area (Å²) < 4.78 is 10.8. The Morgan fingerprint density at radius 3 is 2.44 bits per heavy atom. The topological polar surface area (TPSA) is 95.1 Å². The van der Waals surface area contributed by atoms with Crippen molar-refractivity contribution in [1.29, 1.82) is 5.26 Å². The molecule has 1 amide bonds. The van der Waals surface area contributed by atoms with Crippen LogP contribution < -0.4 is 15.4 Å². The van der Waals surface area contributed by atoms with Gasteiger partial charge in [0.05, 0.1) is 24.0 Å². The van der Waals surface area contributed by atoms with Gasteiger partial charge in [-0.05, 0) is 30.4 Å². The Hall–Kier alpha value is -3.44. The Morgan fingerprint density at radius 2 is 1.79 bits per heavy atom. The number of rotatable bonds is 6. The molecule has 0 saturated carbocycles. The summed E-state index contributed by atoms with van der Waals surface area (Å²) in [5, 5.41) is 9.54. The Kier molecular flexibility index (Phi) is 7.76. The van der Waals surface area contributed by atoms with Crippen molar-refractivity contribution in [2.24, 2.45) is 5.92 Å². The van der Waals surface area contributed by atoms with Gasteiger partial charge in [0.2, 0.25) is 0 Å². The van der Waals surface area contributed by atoms with Crippen molar-refractivity contribution in [3.05, 3.63) is 53.6 Å². The van der Waals surface area contributed by atoms with Crippen LogP contribution in [-0.4, -0.2) is 68.8 Å². The maximum absolute atomic E-state index is 12.4. The van der Waals surface area contributed by atoms with Crippen LogP contribution in [0.25, 0.3) is 0 Å². The van der Waals surface area contributed by atoms with Crippen LogP contribution >= 0.6 is 0 Å². The number of ether oxygens (including phenoxy) is 2. The lowest BCUT2D eigenvalue weighted by atomic mass is 9.96. The van der Waals surface area contributed by atoms with Gasteiger partial charge in [0.1, 0.15) is 18.4 Å². The van der Waals surface area contributed by atoms with Gasteiger partial charge in [0, 0.05) is 51.9 Å². The second kappa shape index (κ2) is 11.1. The number of methoxy groups -OCH3 is 1. The third-order valence-corrected chi connectivity index (χ3v) is 6.78. The molecule has 8 heteroatoms. The molecule has 2 saturated heterocycles. The number of hydrogen-bond donors (Lipinski definition) is 1. The normalized spacial score (nSPS) is 17.3. The average molecular weight is 464 g/mol. The largest absolute Gasteiger partial charge is 0.495 e. The van der Waals surface area contributed by atoms with Gasteiger partial charge in [0.25, 0.3) is 0 Å². The predicted octanol–water partition coefficient (Wildman–Crippen LogP) is 3.32. The van der Waals surface area contributed by atoms with Crippen molar-refractivity contribution in [1.82, 2.24) is 9.80 Å². The third-order valence-electron chi connectivity index (χ3n) is 6.78. The molecule has 0 atom stereocenters. The molecule has 0 radical (unpaired) electrons. The molecule has 4 rings (SSSR count). The van der Waals surface area contributed by atoms with Gasteiger partial charge in [-0.2, -0.15) is 5.26 Å². The zero-order chi connectivity index (χ0) is 23.9. The number of carbonyl (C=O) groups is 1. The highest BCUT2D eigenvalue weighted by Gasteiger charge is 2.27. The van der Waals surface area contributed by atoms with Crippen LogP contribution in [0.5, 0.6) is 5.75 Å². The SMILES string of the molecule is COc1cc(N2CCN(CC3CCN(C(=O)OCc4ccccc4)CC3)CC2)c(C#N)cc1N. The Labute approximate surface area is 201 Å². The summed E-state index contributed by atoms with van der Waals surface area (Å²) in [5.41, 5.74) is 8.92. The zero-order valence-corrected chi connectivity index (χ0v) is 19.8. The number of carbonyl (C=O) groups excluding carboxylic acids is 1. The molecule has 0 spiro atoms. The van der Waals surface area contributed by atoms with Crippen molar-refractivity contribution in [3.63, 3.8) is 0 Å². The lowest BCUT2D eigenvalue weighted by Gasteiger charge is -2.39. The highest BCUT2D eigenvalue weighted by atomic mass is 16.6. The Bertz CT molecular complexity index is 1010. The maximum atomic E-state index is 12.4. The second-order valence-corrected chi connectivity index (χ2v) is 8.98. The predicted molar refractivity (Wildman–Crippen MR) is 132 cm³/mol. The molecule has 0 aromatic heterocycles. The molecular weight excluding hydrogens is 430 g/mol. The van der Waals surface area contributed by atoms with E-state index >= 15 is 0 Å². The molecule has 2 aliphatic heterocycles. The maximum Gasteiger partial charge on any atom is 0.410 e. The van der Waals surface area contributed by atoms with E-state index in [0.717, 1.165) is 69.9 Å². The molecule has 8 nitrogen and oxygen atoms in total. The van der Waals surface area contributed by atoms with Gasteiger partial charge in [-0.1, -0.05) is 30.3 Å². The van der Waals surface area contributed by atoms with Crippen LogP contribution in [-0.2, 0) is 11.3 Å². The third kappa shape index (κ3) is 5.72. The van der Waals surface area contributed by atoms with E-state index in [9.17, 15) is 10.1 Å². The zero-order valence-electron chi connectivity index (χ0n) is 19.8. The molecule has 34 heavy (non-hydrogen) atoms. The van der Waals surface area contributed by atoms with Crippen molar-refractivity contribution in [2.75, 3.05) is 63.6 Å². The van der Waals surface area contributed by atoms with Gasteiger partial charge >= 0.3 is 6.09 Å². The summed E-state index contributed by atoms with van der Waals surface area (Å²) in [6, 6.07) is 15.6. The van der Waals surface area contributed by atoms with Crippen molar-refractivity contribution < 1.29 is 14.3 Å². The number of nitrogens with zero attached hydrogens (tertiary/aromatic N) is 4. The number of nitriles is 1. The monoisotopic (exact) mass is 463 g/mol. The van der Waals surface area contributed by atoms with E-state index in [2.05, 4.69) is 15.9 Å². The van der Waals surface area contributed by atoms with E-state index < -0.39 is 0 Å². The summed E-state index contributed by atoms with van der Waals surface area (Å²) in [4.78, 5) is 19.0. The highest BCUT2D eigenvalue weighted by molar-refractivity contribution is 5.70. The average Bonchev–Trinajstić information content (AvgIpc) is 2.88. The number of amides is 1. The number of anilines is 2. The van der Waals surface area contributed by atoms with Gasteiger partial charge < -0.3 is 25.0 Å². The molecule has 2 heterocycles. The molecule has 2 aliphatic rings. The van der Waals surface area contributed by atoms with Crippen molar-refractivity contribution in [3.8, 4) is 11.8 Å². The minimum absolute atomic E-state index is 0.219.